The molecule has 2 rings (SSSR count). The van der Waals surface area contributed by atoms with Crippen LogP contribution in [0.3, 0.4) is 0 Å². The lowest BCUT2D eigenvalue weighted by molar-refractivity contribution is 0.301. The average molecular weight is 297 g/mol. The van der Waals surface area contributed by atoms with E-state index in [-0.39, 0.29) is 0 Å². The van der Waals surface area contributed by atoms with Crippen LogP contribution in [0.5, 0.6) is 5.75 Å². The van der Waals surface area contributed by atoms with Crippen molar-refractivity contribution in [3.8, 4) is 5.75 Å². The summed E-state index contributed by atoms with van der Waals surface area (Å²) in [5.74, 6) is 0.637. The fourth-order valence-corrected chi connectivity index (χ4v) is 2.16. The van der Waals surface area contributed by atoms with Crippen molar-refractivity contribution < 1.29 is 4.74 Å². The molecule has 100 valence electrons. The number of nitrogens with zero attached hydrogens (tertiary/aromatic N) is 1. The van der Waals surface area contributed by atoms with Crippen molar-refractivity contribution in [3.05, 3.63) is 57.8 Å². The normalized spacial score (nSPS) is 10.5. The van der Waals surface area contributed by atoms with Gasteiger partial charge >= 0.3 is 0 Å². The lowest BCUT2D eigenvalue weighted by Gasteiger charge is -2.08. The summed E-state index contributed by atoms with van der Waals surface area (Å²) in [7, 11) is 1.89. The van der Waals surface area contributed by atoms with Gasteiger partial charge in [0.2, 0.25) is 0 Å². The number of halogens is 2. The van der Waals surface area contributed by atoms with E-state index < -0.39 is 0 Å². The maximum Gasteiger partial charge on any atom is 0.130 e. The molecule has 3 nitrogen and oxygen atoms in total. The summed E-state index contributed by atoms with van der Waals surface area (Å²) in [4.78, 5) is 4.47. The Kier molecular flexibility index (Phi) is 5.02. The van der Waals surface area contributed by atoms with Crippen LogP contribution in [-0.2, 0) is 13.2 Å². The number of hydrogen-bond donors (Lipinski definition) is 1. The Labute approximate surface area is 122 Å². The van der Waals surface area contributed by atoms with Gasteiger partial charge in [-0.2, -0.15) is 0 Å². The third kappa shape index (κ3) is 4.39. The zero-order chi connectivity index (χ0) is 13.7. The molecule has 0 atom stereocenters. The van der Waals surface area contributed by atoms with Gasteiger partial charge in [0.1, 0.15) is 12.4 Å². The monoisotopic (exact) mass is 296 g/mol. The number of hydrogen-bond acceptors (Lipinski definition) is 3. The molecule has 0 fully saturated rings. The van der Waals surface area contributed by atoms with Crippen molar-refractivity contribution >= 4 is 23.2 Å². The molecule has 0 bridgehead atoms. The van der Waals surface area contributed by atoms with Crippen molar-refractivity contribution in [2.24, 2.45) is 0 Å². The highest BCUT2D eigenvalue weighted by Gasteiger charge is 2.02. The van der Waals surface area contributed by atoms with E-state index in [0.717, 1.165) is 17.9 Å². The molecule has 0 spiro atoms. The number of nitrogens with one attached hydrogen (secondary N) is 1. The van der Waals surface area contributed by atoms with Crippen molar-refractivity contribution in [1.29, 1.82) is 0 Å². The van der Waals surface area contributed by atoms with E-state index in [9.17, 15) is 0 Å². The lowest BCUT2D eigenvalue weighted by Crippen LogP contribution is -2.08. The van der Waals surface area contributed by atoms with Crippen LogP contribution < -0.4 is 10.1 Å². The zero-order valence-corrected chi connectivity index (χ0v) is 12.0. The van der Waals surface area contributed by atoms with Gasteiger partial charge in [0.25, 0.3) is 0 Å². The van der Waals surface area contributed by atoms with Crippen LogP contribution in [0.25, 0.3) is 0 Å². The molecule has 1 aromatic heterocycles. The smallest absolute Gasteiger partial charge is 0.130 e. The summed E-state index contributed by atoms with van der Waals surface area (Å²) in [6.45, 7) is 1.12. The molecule has 0 aliphatic rings. The van der Waals surface area contributed by atoms with E-state index in [1.165, 1.54) is 0 Å². The van der Waals surface area contributed by atoms with Crippen LogP contribution in [0.2, 0.25) is 10.0 Å². The summed E-state index contributed by atoms with van der Waals surface area (Å²) in [6, 6.07) is 11.0. The van der Waals surface area contributed by atoms with Gasteiger partial charge in [0.05, 0.1) is 11.4 Å². The highest BCUT2D eigenvalue weighted by atomic mass is 35.5. The topological polar surface area (TPSA) is 34.1 Å². The van der Waals surface area contributed by atoms with Crippen LogP contribution in [0, 0.1) is 0 Å². The molecule has 0 unspecified atom stereocenters. The predicted molar refractivity (Wildman–Crippen MR) is 77.8 cm³/mol. The molecular weight excluding hydrogens is 283 g/mol. The molecule has 1 N–H and O–H groups in total. The van der Waals surface area contributed by atoms with E-state index in [1.54, 1.807) is 18.2 Å². The molecule has 0 saturated heterocycles. The molecule has 0 aliphatic heterocycles. The fraction of sp³-hybridized carbons (Fsp3) is 0.214. The first-order valence-electron chi connectivity index (χ1n) is 5.85. The van der Waals surface area contributed by atoms with Crippen LogP contribution >= 0.6 is 23.2 Å². The van der Waals surface area contributed by atoms with Crippen molar-refractivity contribution in [1.82, 2.24) is 10.3 Å². The van der Waals surface area contributed by atoms with Gasteiger partial charge in [-0.05, 0) is 37.4 Å². The quantitative estimate of drug-likeness (QED) is 0.914. The lowest BCUT2D eigenvalue weighted by atomic mass is 10.3. The Morgan fingerprint density at radius 1 is 1.11 bits per heavy atom. The molecule has 19 heavy (non-hydrogen) atoms. The maximum atomic E-state index is 5.91. The molecule has 0 amide bonds. The Morgan fingerprint density at radius 2 is 1.79 bits per heavy atom. The maximum absolute atomic E-state index is 5.91. The van der Waals surface area contributed by atoms with Gasteiger partial charge < -0.3 is 10.1 Å². The van der Waals surface area contributed by atoms with Gasteiger partial charge in [-0.3, -0.25) is 4.98 Å². The van der Waals surface area contributed by atoms with Crippen molar-refractivity contribution in [2.45, 2.75) is 13.2 Å². The number of aromatic nitrogens is 1. The highest BCUT2D eigenvalue weighted by molar-refractivity contribution is 6.34. The van der Waals surface area contributed by atoms with Gasteiger partial charge in [-0.25, -0.2) is 0 Å². The van der Waals surface area contributed by atoms with E-state index >= 15 is 0 Å². The number of rotatable bonds is 5. The van der Waals surface area contributed by atoms with Crippen molar-refractivity contribution in [3.63, 3.8) is 0 Å². The van der Waals surface area contributed by atoms with Gasteiger partial charge in [0, 0.05) is 16.6 Å². The molecule has 2 aromatic rings. The Hall–Kier alpha value is -1.29. The largest absolute Gasteiger partial charge is 0.487 e. The van der Waals surface area contributed by atoms with Crippen LogP contribution in [0.1, 0.15) is 11.4 Å². The first-order valence-corrected chi connectivity index (χ1v) is 6.61. The third-order valence-electron chi connectivity index (χ3n) is 2.45. The highest BCUT2D eigenvalue weighted by Crippen LogP contribution is 2.24. The summed E-state index contributed by atoms with van der Waals surface area (Å²) in [5, 5.41) is 4.17. The second-order valence-corrected chi connectivity index (χ2v) is 4.92. The van der Waals surface area contributed by atoms with Gasteiger partial charge in [-0.1, -0.05) is 29.3 Å². The molecule has 1 aromatic carbocycles. The Bertz CT molecular complexity index is 541. The summed E-state index contributed by atoms with van der Waals surface area (Å²) in [5.41, 5.74) is 1.84. The SMILES string of the molecule is CNCc1cccc(COc2cc(Cl)cc(Cl)c2)n1. The van der Waals surface area contributed by atoms with Gasteiger partial charge in [-0.15, -0.1) is 0 Å². The molecular formula is C14H14Cl2N2O. The van der Waals surface area contributed by atoms with E-state index in [0.29, 0.717) is 22.4 Å². The second-order valence-electron chi connectivity index (χ2n) is 4.04. The van der Waals surface area contributed by atoms with E-state index in [2.05, 4.69) is 10.3 Å². The Balaban J connectivity index is 2.03. The minimum absolute atomic E-state index is 0.383. The molecule has 1 heterocycles. The second kappa shape index (κ2) is 6.75. The first-order chi connectivity index (χ1) is 9.17. The van der Waals surface area contributed by atoms with E-state index in [4.69, 9.17) is 27.9 Å². The van der Waals surface area contributed by atoms with Crippen molar-refractivity contribution in [2.75, 3.05) is 7.05 Å². The minimum atomic E-state index is 0.383. The van der Waals surface area contributed by atoms with E-state index in [1.807, 2.05) is 25.2 Å². The molecule has 0 saturated carbocycles. The average Bonchev–Trinajstić information content (AvgIpc) is 2.36. The van der Waals surface area contributed by atoms with Gasteiger partial charge in [0.15, 0.2) is 0 Å². The third-order valence-corrected chi connectivity index (χ3v) is 2.88. The summed E-state index contributed by atoms with van der Waals surface area (Å²) >= 11 is 11.8. The summed E-state index contributed by atoms with van der Waals surface area (Å²) in [6.07, 6.45) is 0. The number of benzene rings is 1. The number of ether oxygens (including phenoxy) is 1. The standard InChI is InChI=1S/C14H14Cl2N2O/c1-17-8-12-3-2-4-13(18-12)9-19-14-6-10(15)5-11(16)7-14/h2-7,17H,8-9H2,1H3. The molecule has 5 heteroatoms. The Morgan fingerprint density at radius 3 is 2.47 bits per heavy atom. The fourth-order valence-electron chi connectivity index (χ4n) is 1.66. The number of pyridine rings is 1. The minimum Gasteiger partial charge on any atom is -0.487 e. The van der Waals surface area contributed by atoms with Crippen LogP contribution in [-0.4, -0.2) is 12.0 Å². The molecule has 0 radical (unpaired) electrons. The zero-order valence-electron chi connectivity index (χ0n) is 10.5. The van der Waals surface area contributed by atoms with Crippen LogP contribution in [0.4, 0.5) is 0 Å². The molecule has 0 aliphatic carbocycles. The van der Waals surface area contributed by atoms with Crippen LogP contribution in [0.15, 0.2) is 36.4 Å². The summed E-state index contributed by atoms with van der Waals surface area (Å²) < 4.78 is 5.64. The predicted octanol–water partition coefficient (Wildman–Crippen LogP) is 3.69. The first kappa shape index (κ1) is 14.1.